The van der Waals surface area contributed by atoms with Gasteiger partial charge in [0.2, 0.25) is 0 Å². The van der Waals surface area contributed by atoms with Gasteiger partial charge in [0.05, 0.1) is 0 Å². The molecule has 2 aliphatic rings. The van der Waals surface area contributed by atoms with Crippen molar-refractivity contribution in [1.82, 2.24) is 4.90 Å². The fraction of sp³-hybridized carbons (Fsp3) is 0.458. The van der Waals surface area contributed by atoms with Gasteiger partial charge in [-0.2, -0.15) is 0 Å². The Balaban J connectivity index is 1.32. The lowest BCUT2D eigenvalue weighted by atomic mass is 9.81. The summed E-state index contributed by atoms with van der Waals surface area (Å²) in [5.41, 5.74) is 3.53. The van der Waals surface area contributed by atoms with Crippen LogP contribution in [0.25, 0.3) is 0 Å². The van der Waals surface area contributed by atoms with E-state index in [2.05, 4.69) is 52.7 Å². The molecule has 1 N–H and O–H groups in total. The molecule has 28 heavy (non-hydrogen) atoms. The van der Waals surface area contributed by atoms with Crippen LogP contribution >= 0.6 is 0 Å². The summed E-state index contributed by atoms with van der Waals surface area (Å²) in [4.78, 5) is 17.1. The summed E-state index contributed by atoms with van der Waals surface area (Å²) in [7, 11) is 1.94. The van der Waals surface area contributed by atoms with Crippen LogP contribution in [-0.4, -0.2) is 37.1 Å². The van der Waals surface area contributed by atoms with E-state index in [1.807, 2.05) is 24.1 Å². The Kier molecular flexibility index (Phi) is 5.84. The maximum absolute atomic E-state index is 12.8. The van der Waals surface area contributed by atoms with Crippen molar-refractivity contribution in [2.45, 2.75) is 50.5 Å². The van der Waals surface area contributed by atoms with E-state index in [0.717, 1.165) is 44.5 Å². The number of hydrogen-bond acceptors (Lipinski definition) is 2. The number of amides is 2. The zero-order valence-electron chi connectivity index (χ0n) is 16.8. The summed E-state index contributed by atoms with van der Waals surface area (Å²) in [6.07, 6.45) is 6.94. The van der Waals surface area contributed by atoms with Crippen molar-refractivity contribution in [3.05, 3.63) is 60.2 Å². The molecule has 4 heteroatoms. The average Bonchev–Trinajstić information content (AvgIpc) is 3.29. The molecule has 2 aromatic rings. The first kappa shape index (κ1) is 18.9. The zero-order chi connectivity index (χ0) is 19.3. The van der Waals surface area contributed by atoms with Crippen molar-refractivity contribution in [1.29, 1.82) is 0 Å². The van der Waals surface area contributed by atoms with E-state index in [1.54, 1.807) is 0 Å². The van der Waals surface area contributed by atoms with Crippen molar-refractivity contribution in [2.75, 3.05) is 30.4 Å². The second kappa shape index (κ2) is 8.68. The number of carbonyl (C=O) groups is 1. The molecule has 0 aromatic heterocycles. The van der Waals surface area contributed by atoms with E-state index >= 15 is 0 Å². The molecule has 1 heterocycles. The second-order valence-electron chi connectivity index (χ2n) is 8.20. The van der Waals surface area contributed by atoms with Crippen LogP contribution in [0.1, 0.15) is 50.0 Å². The molecule has 0 unspecified atom stereocenters. The van der Waals surface area contributed by atoms with Gasteiger partial charge in [0.15, 0.2) is 0 Å². The Morgan fingerprint density at radius 2 is 1.68 bits per heavy atom. The van der Waals surface area contributed by atoms with Crippen molar-refractivity contribution >= 4 is 17.4 Å². The number of anilines is 2. The van der Waals surface area contributed by atoms with Gasteiger partial charge in [-0.3, -0.25) is 0 Å². The number of hydrogen-bond donors (Lipinski definition) is 1. The third-order valence-corrected chi connectivity index (χ3v) is 6.40. The minimum absolute atomic E-state index is 0.00160. The average molecular weight is 378 g/mol. The molecule has 1 aliphatic heterocycles. The van der Waals surface area contributed by atoms with Crippen LogP contribution in [0.2, 0.25) is 0 Å². The van der Waals surface area contributed by atoms with E-state index in [9.17, 15) is 4.79 Å². The van der Waals surface area contributed by atoms with Crippen molar-refractivity contribution < 1.29 is 4.79 Å². The number of urea groups is 1. The molecule has 1 aliphatic carbocycles. The fourth-order valence-corrected chi connectivity index (χ4v) is 4.65. The molecule has 0 radical (unpaired) electrons. The van der Waals surface area contributed by atoms with E-state index in [-0.39, 0.29) is 6.03 Å². The molecule has 4 nitrogen and oxygen atoms in total. The van der Waals surface area contributed by atoms with Gasteiger partial charge < -0.3 is 15.1 Å². The Hall–Kier alpha value is -2.49. The normalized spacial score (nSPS) is 22.1. The third-order valence-electron chi connectivity index (χ3n) is 6.40. The lowest BCUT2D eigenvalue weighted by Gasteiger charge is -2.35. The van der Waals surface area contributed by atoms with Gasteiger partial charge in [-0.05, 0) is 68.2 Å². The fourth-order valence-electron chi connectivity index (χ4n) is 4.65. The number of benzene rings is 2. The van der Waals surface area contributed by atoms with Crippen LogP contribution in [0.3, 0.4) is 0 Å². The van der Waals surface area contributed by atoms with E-state index in [1.165, 1.54) is 24.1 Å². The molecule has 1 saturated carbocycles. The highest BCUT2D eigenvalue weighted by Crippen LogP contribution is 2.34. The van der Waals surface area contributed by atoms with E-state index < -0.39 is 0 Å². The SMILES string of the molecule is CN(C(=O)Nc1cccc(N2CCCC2)c1)C1CCC(c2ccccc2)CC1. The van der Waals surface area contributed by atoms with Crippen molar-refractivity contribution in [2.24, 2.45) is 0 Å². The molecule has 0 atom stereocenters. The van der Waals surface area contributed by atoms with Crippen LogP contribution in [0.4, 0.5) is 16.2 Å². The summed E-state index contributed by atoms with van der Waals surface area (Å²) in [5.74, 6) is 0.631. The smallest absolute Gasteiger partial charge is 0.321 e. The standard InChI is InChI=1S/C24H31N3O/c1-26(22-14-12-20(13-15-22)19-8-3-2-4-9-19)24(28)25-21-10-7-11-23(18-21)27-16-5-6-17-27/h2-4,7-11,18,20,22H,5-6,12-17H2,1H3,(H,25,28). The van der Waals surface area contributed by atoms with Crippen LogP contribution in [0.15, 0.2) is 54.6 Å². The summed E-state index contributed by atoms with van der Waals surface area (Å²) < 4.78 is 0. The molecule has 1 saturated heterocycles. The van der Waals surface area contributed by atoms with Crippen molar-refractivity contribution in [3.8, 4) is 0 Å². The first-order chi connectivity index (χ1) is 13.7. The molecular formula is C24H31N3O. The predicted molar refractivity (Wildman–Crippen MR) is 116 cm³/mol. The van der Waals surface area contributed by atoms with Gasteiger partial charge in [0, 0.05) is 37.6 Å². The van der Waals surface area contributed by atoms with E-state index in [0.29, 0.717) is 12.0 Å². The molecule has 2 aromatic carbocycles. The van der Waals surface area contributed by atoms with Gasteiger partial charge in [-0.1, -0.05) is 36.4 Å². The molecular weight excluding hydrogens is 346 g/mol. The molecule has 0 spiro atoms. The van der Waals surface area contributed by atoms with Crippen LogP contribution in [0.5, 0.6) is 0 Å². The maximum atomic E-state index is 12.8. The molecule has 148 valence electrons. The van der Waals surface area contributed by atoms with Gasteiger partial charge >= 0.3 is 6.03 Å². The van der Waals surface area contributed by atoms with Crippen LogP contribution < -0.4 is 10.2 Å². The predicted octanol–water partition coefficient (Wildman–Crippen LogP) is 5.48. The first-order valence-corrected chi connectivity index (χ1v) is 10.6. The van der Waals surface area contributed by atoms with Gasteiger partial charge in [0.25, 0.3) is 0 Å². The number of nitrogens with zero attached hydrogens (tertiary/aromatic N) is 2. The summed E-state index contributed by atoms with van der Waals surface area (Å²) in [5, 5.41) is 3.11. The highest BCUT2D eigenvalue weighted by Gasteiger charge is 2.27. The Labute approximate surface area is 168 Å². The monoisotopic (exact) mass is 377 g/mol. The quantitative estimate of drug-likeness (QED) is 0.766. The minimum Gasteiger partial charge on any atom is -0.371 e. The molecule has 4 rings (SSSR count). The number of carbonyl (C=O) groups excluding carboxylic acids is 1. The second-order valence-corrected chi connectivity index (χ2v) is 8.20. The molecule has 2 fully saturated rings. The first-order valence-electron chi connectivity index (χ1n) is 10.6. The van der Waals surface area contributed by atoms with Gasteiger partial charge in [-0.15, -0.1) is 0 Å². The van der Waals surface area contributed by atoms with Gasteiger partial charge in [0.1, 0.15) is 0 Å². The Bertz CT molecular complexity index is 777. The maximum Gasteiger partial charge on any atom is 0.321 e. The van der Waals surface area contributed by atoms with Crippen LogP contribution in [0, 0.1) is 0 Å². The topological polar surface area (TPSA) is 35.6 Å². The molecule has 2 amide bonds. The van der Waals surface area contributed by atoms with Crippen LogP contribution in [-0.2, 0) is 0 Å². The minimum atomic E-state index is 0.00160. The highest BCUT2D eigenvalue weighted by atomic mass is 16.2. The lowest BCUT2D eigenvalue weighted by Crippen LogP contribution is -2.41. The summed E-state index contributed by atoms with van der Waals surface area (Å²) in [6.45, 7) is 2.23. The molecule has 0 bridgehead atoms. The van der Waals surface area contributed by atoms with E-state index in [4.69, 9.17) is 0 Å². The lowest BCUT2D eigenvalue weighted by molar-refractivity contribution is 0.181. The van der Waals surface area contributed by atoms with Crippen molar-refractivity contribution in [3.63, 3.8) is 0 Å². The third kappa shape index (κ3) is 4.32. The summed E-state index contributed by atoms with van der Waals surface area (Å²) >= 11 is 0. The largest absolute Gasteiger partial charge is 0.371 e. The zero-order valence-corrected chi connectivity index (χ0v) is 16.8. The Morgan fingerprint density at radius 3 is 2.39 bits per heavy atom. The Morgan fingerprint density at radius 1 is 0.964 bits per heavy atom. The highest BCUT2D eigenvalue weighted by molar-refractivity contribution is 5.90. The summed E-state index contributed by atoms with van der Waals surface area (Å²) in [6, 6.07) is 19.4. The van der Waals surface area contributed by atoms with Gasteiger partial charge in [-0.25, -0.2) is 4.79 Å². The number of nitrogens with one attached hydrogen (secondary N) is 1. The number of rotatable bonds is 4.